The van der Waals surface area contributed by atoms with E-state index in [9.17, 15) is 9.59 Å². The van der Waals surface area contributed by atoms with Crippen molar-refractivity contribution in [2.24, 2.45) is 5.92 Å². The highest BCUT2D eigenvalue weighted by molar-refractivity contribution is 5.81. The van der Waals surface area contributed by atoms with E-state index in [1.54, 1.807) is 24.5 Å². The van der Waals surface area contributed by atoms with E-state index in [0.717, 1.165) is 11.1 Å². The molecule has 0 aliphatic heterocycles. The maximum absolute atomic E-state index is 12.3. The Bertz CT molecular complexity index is 674. The predicted molar refractivity (Wildman–Crippen MR) is 92.4 cm³/mol. The highest BCUT2D eigenvalue weighted by Crippen LogP contribution is 2.08. The zero-order valence-electron chi connectivity index (χ0n) is 14.3. The van der Waals surface area contributed by atoms with Crippen LogP contribution in [0, 0.1) is 5.92 Å². The van der Waals surface area contributed by atoms with Gasteiger partial charge in [-0.15, -0.1) is 0 Å². The molecule has 6 heteroatoms. The fourth-order valence-electron chi connectivity index (χ4n) is 2.11. The molecule has 1 N–H and O–H groups in total. The monoisotopic (exact) mass is 342 g/mol. The number of aromatic nitrogens is 1. The Morgan fingerprint density at radius 1 is 0.960 bits per heavy atom. The van der Waals surface area contributed by atoms with Gasteiger partial charge < -0.3 is 14.8 Å². The number of nitrogens with one attached hydrogen (secondary N) is 1. The van der Waals surface area contributed by atoms with E-state index < -0.39 is 18.1 Å². The zero-order chi connectivity index (χ0) is 18.1. The third kappa shape index (κ3) is 6.25. The first-order chi connectivity index (χ1) is 12.1. The summed E-state index contributed by atoms with van der Waals surface area (Å²) in [5, 5.41) is 2.57. The second-order valence-electron chi connectivity index (χ2n) is 5.89. The number of nitrogens with zero attached hydrogens (tertiary/aromatic N) is 1. The van der Waals surface area contributed by atoms with Gasteiger partial charge in [-0.3, -0.25) is 4.98 Å². The summed E-state index contributed by atoms with van der Waals surface area (Å²) in [5.41, 5.74) is 1.71. The Balaban J connectivity index is 1.84. The first-order valence-corrected chi connectivity index (χ1v) is 8.09. The van der Waals surface area contributed by atoms with E-state index in [2.05, 4.69) is 10.3 Å². The molecule has 1 atom stereocenters. The van der Waals surface area contributed by atoms with Gasteiger partial charge in [-0.2, -0.15) is 0 Å². The molecule has 0 saturated carbocycles. The fourth-order valence-corrected chi connectivity index (χ4v) is 2.11. The minimum atomic E-state index is -0.773. The highest BCUT2D eigenvalue weighted by Gasteiger charge is 2.26. The summed E-state index contributed by atoms with van der Waals surface area (Å²) in [6.07, 6.45) is 2.60. The molecule has 6 nitrogen and oxygen atoms in total. The average molecular weight is 342 g/mol. The molecule has 0 fully saturated rings. The number of amides is 1. The standard InChI is InChI=1S/C19H22N2O4/c1-14(2)17(18(22)24-12-16-8-10-20-11-9-16)21-19(23)25-13-15-6-4-3-5-7-15/h3-11,14,17H,12-13H2,1-2H3,(H,21,23). The lowest BCUT2D eigenvalue weighted by Crippen LogP contribution is -2.45. The van der Waals surface area contributed by atoms with E-state index in [1.165, 1.54) is 0 Å². The Morgan fingerprint density at radius 3 is 2.20 bits per heavy atom. The van der Waals surface area contributed by atoms with Crippen LogP contribution in [0.5, 0.6) is 0 Å². The number of carbonyl (C=O) groups excluding carboxylic acids is 2. The minimum Gasteiger partial charge on any atom is -0.459 e. The van der Waals surface area contributed by atoms with Gasteiger partial charge >= 0.3 is 12.1 Å². The van der Waals surface area contributed by atoms with E-state index in [4.69, 9.17) is 9.47 Å². The molecule has 1 unspecified atom stereocenters. The van der Waals surface area contributed by atoms with Crippen LogP contribution < -0.4 is 5.32 Å². The van der Waals surface area contributed by atoms with Crippen molar-refractivity contribution >= 4 is 12.1 Å². The van der Waals surface area contributed by atoms with Crippen molar-refractivity contribution in [3.05, 3.63) is 66.0 Å². The molecule has 132 valence electrons. The summed E-state index contributed by atoms with van der Waals surface area (Å²) in [6, 6.07) is 12.1. The molecule has 25 heavy (non-hydrogen) atoms. The van der Waals surface area contributed by atoms with Crippen molar-refractivity contribution < 1.29 is 19.1 Å². The van der Waals surface area contributed by atoms with Gasteiger partial charge in [0.1, 0.15) is 19.3 Å². The Kier molecular flexibility index (Phi) is 6.95. The van der Waals surface area contributed by atoms with Gasteiger partial charge in [-0.1, -0.05) is 44.2 Å². The summed E-state index contributed by atoms with van der Waals surface area (Å²) in [5.74, 6) is -0.627. The van der Waals surface area contributed by atoms with Crippen LogP contribution in [0.15, 0.2) is 54.9 Å². The lowest BCUT2D eigenvalue weighted by Gasteiger charge is -2.20. The third-order valence-electron chi connectivity index (χ3n) is 3.54. The lowest BCUT2D eigenvalue weighted by atomic mass is 10.1. The normalized spacial score (nSPS) is 11.6. The summed E-state index contributed by atoms with van der Waals surface area (Å²) in [6.45, 7) is 3.93. The topological polar surface area (TPSA) is 77.5 Å². The van der Waals surface area contributed by atoms with Crippen LogP contribution in [0.3, 0.4) is 0 Å². The van der Waals surface area contributed by atoms with Crippen molar-refractivity contribution in [3.63, 3.8) is 0 Å². The molecule has 0 spiro atoms. The molecule has 2 rings (SSSR count). The Morgan fingerprint density at radius 2 is 1.56 bits per heavy atom. The van der Waals surface area contributed by atoms with Crippen molar-refractivity contribution in [2.75, 3.05) is 0 Å². The molecule has 1 aromatic heterocycles. The van der Waals surface area contributed by atoms with Crippen LogP contribution in [-0.4, -0.2) is 23.1 Å². The summed E-state index contributed by atoms with van der Waals surface area (Å²) < 4.78 is 10.4. The van der Waals surface area contributed by atoms with Gasteiger partial charge in [0.15, 0.2) is 0 Å². The highest BCUT2D eigenvalue weighted by atomic mass is 16.6. The number of hydrogen-bond donors (Lipinski definition) is 1. The molecule has 0 aliphatic rings. The number of pyridine rings is 1. The molecule has 1 amide bonds. The second-order valence-corrected chi connectivity index (χ2v) is 5.89. The second kappa shape index (κ2) is 9.42. The van der Waals surface area contributed by atoms with Gasteiger partial charge in [0.25, 0.3) is 0 Å². The molecule has 1 heterocycles. The molecule has 0 bridgehead atoms. The average Bonchev–Trinajstić information content (AvgIpc) is 2.64. The third-order valence-corrected chi connectivity index (χ3v) is 3.54. The first kappa shape index (κ1) is 18.4. The maximum atomic E-state index is 12.3. The van der Waals surface area contributed by atoms with E-state index in [-0.39, 0.29) is 19.1 Å². The van der Waals surface area contributed by atoms with Crippen molar-refractivity contribution in [1.29, 1.82) is 0 Å². The number of hydrogen-bond acceptors (Lipinski definition) is 5. The first-order valence-electron chi connectivity index (χ1n) is 8.09. The molecule has 0 saturated heterocycles. The maximum Gasteiger partial charge on any atom is 0.408 e. The number of esters is 1. The molecule has 0 radical (unpaired) electrons. The SMILES string of the molecule is CC(C)C(NC(=O)OCc1ccccc1)C(=O)OCc1ccncc1. The van der Waals surface area contributed by atoms with Crippen LogP contribution in [0.4, 0.5) is 4.79 Å². The van der Waals surface area contributed by atoms with E-state index in [0.29, 0.717) is 0 Å². The van der Waals surface area contributed by atoms with Gasteiger partial charge in [0, 0.05) is 12.4 Å². The fraction of sp³-hybridized carbons (Fsp3) is 0.316. The van der Waals surface area contributed by atoms with Crippen LogP contribution in [0.1, 0.15) is 25.0 Å². The Labute approximate surface area is 147 Å². The zero-order valence-corrected chi connectivity index (χ0v) is 14.3. The van der Waals surface area contributed by atoms with Crippen LogP contribution in [0.25, 0.3) is 0 Å². The van der Waals surface area contributed by atoms with Gasteiger partial charge in [-0.25, -0.2) is 9.59 Å². The van der Waals surface area contributed by atoms with Crippen LogP contribution in [-0.2, 0) is 27.5 Å². The van der Waals surface area contributed by atoms with Crippen LogP contribution >= 0.6 is 0 Å². The summed E-state index contributed by atoms with van der Waals surface area (Å²) in [7, 11) is 0. The largest absolute Gasteiger partial charge is 0.459 e. The van der Waals surface area contributed by atoms with Gasteiger partial charge in [0.2, 0.25) is 0 Å². The number of rotatable bonds is 7. The minimum absolute atomic E-state index is 0.130. The van der Waals surface area contributed by atoms with Crippen molar-refractivity contribution in [1.82, 2.24) is 10.3 Å². The molecule has 1 aromatic carbocycles. The Hall–Kier alpha value is -2.89. The van der Waals surface area contributed by atoms with E-state index >= 15 is 0 Å². The van der Waals surface area contributed by atoms with Gasteiger partial charge in [-0.05, 0) is 29.2 Å². The number of alkyl carbamates (subject to hydrolysis) is 1. The molecule has 0 aliphatic carbocycles. The number of benzene rings is 1. The predicted octanol–water partition coefficient (Wildman–Crippen LogP) is 3.08. The molecular formula is C19H22N2O4. The smallest absolute Gasteiger partial charge is 0.408 e. The summed E-state index contributed by atoms with van der Waals surface area (Å²) in [4.78, 5) is 28.1. The quantitative estimate of drug-likeness (QED) is 0.783. The molecular weight excluding hydrogens is 320 g/mol. The van der Waals surface area contributed by atoms with E-state index in [1.807, 2.05) is 44.2 Å². The number of carbonyl (C=O) groups is 2. The molecule has 2 aromatic rings. The lowest BCUT2D eigenvalue weighted by molar-refractivity contribution is -0.148. The van der Waals surface area contributed by atoms with Crippen LogP contribution in [0.2, 0.25) is 0 Å². The summed E-state index contributed by atoms with van der Waals surface area (Å²) >= 11 is 0. The van der Waals surface area contributed by atoms with Crippen molar-refractivity contribution in [3.8, 4) is 0 Å². The van der Waals surface area contributed by atoms with Crippen molar-refractivity contribution in [2.45, 2.75) is 33.1 Å². The number of ether oxygens (including phenoxy) is 2. The van der Waals surface area contributed by atoms with Gasteiger partial charge in [0.05, 0.1) is 0 Å².